The Morgan fingerprint density at radius 2 is 1.84 bits per heavy atom. The maximum atomic E-state index is 12.8. The van der Waals surface area contributed by atoms with Crippen LogP contribution in [0.2, 0.25) is 5.02 Å². The van der Waals surface area contributed by atoms with E-state index in [0.29, 0.717) is 16.3 Å². The number of nitro benzene ring substituents is 1. The molecule has 0 spiro atoms. The van der Waals surface area contributed by atoms with Gasteiger partial charge in [0.05, 0.1) is 23.3 Å². The van der Waals surface area contributed by atoms with E-state index < -0.39 is 22.9 Å². The third-order valence-corrected chi connectivity index (χ3v) is 6.88. The first kappa shape index (κ1) is 26.6. The fraction of sp³-hybridized carbons (Fsp3) is 0.115. The predicted molar refractivity (Wildman–Crippen MR) is 144 cm³/mol. The third kappa shape index (κ3) is 6.07. The number of nitro groups is 1. The quantitative estimate of drug-likeness (QED) is 0.0937. The van der Waals surface area contributed by atoms with Gasteiger partial charge in [-0.15, -0.1) is 11.3 Å². The lowest BCUT2D eigenvalue weighted by Gasteiger charge is -2.12. The molecule has 0 fully saturated rings. The summed E-state index contributed by atoms with van der Waals surface area (Å²) in [7, 11) is 1.43. The van der Waals surface area contributed by atoms with Crippen molar-refractivity contribution < 1.29 is 28.7 Å². The molecule has 0 saturated carbocycles. The summed E-state index contributed by atoms with van der Waals surface area (Å²) in [5.41, 5.74) is 2.84. The van der Waals surface area contributed by atoms with Crippen LogP contribution in [0, 0.1) is 10.1 Å². The molecule has 1 atom stereocenters. The van der Waals surface area contributed by atoms with E-state index in [0.717, 1.165) is 10.1 Å². The van der Waals surface area contributed by atoms with Crippen molar-refractivity contribution in [3.8, 4) is 17.2 Å². The number of hydrogen-bond donors (Lipinski definition) is 1. The van der Waals surface area contributed by atoms with Crippen molar-refractivity contribution in [1.82, 2.24) is 5.43 Å². The molecule has 0 aliphatic rings. The van der Waals surface area contributed by atoms with Crippen LogP contribution < -0.4 is 19.6 Å². The van der Waals surface area contributed by atoms with Crippen LogP contribution in [-0.4, -0.2) is 36.2 Å². The number of thiophene rings is 1. The number of nitrogens with one attached hydrogen (secondary N) is 1. The van der Waals surface area contributed by atoms with Crippen LogP contribution in [0.15, 0.2) is 71.8 Å². The molecule has 0 bridgehead atoms. The Labute approximate surface area is 225 Å². The summed E-state index contributed by atoms with van der Waals surface area (Å²) in [6, 6.07) is 17.5. The van der Waals surface area contributed by atoms with Crippen LogP contribution in [0.1, 0.15) is 22.2 Å². The van der Waals surface area contributed by atoms with Gasteiger partial charge in [0.15, 0.2) is 17.6 Å². The Balaban J connectivity index is 1.37. The lowest BCUT2D eigenvalue weighted by Crippen LogP contribution is -2.33. The van der Waals surface area contributed by atoms with E-state index in [9.17, 15) is 19.7 Å². The number of ether oxygens (including phenoxy) is 3. The number of nitrogens with zero attached hydrogens (tertiary/aromatic N) is 2. The first-order valence-corrected chi connectivity index (χ1v) is 12.3. The molecule has 0 unspecified atom stereocenters. The Morgan fingerprint density at radius 1 is 1.11 bits per heavy atom. The molecule has 4 rings (SSSR count). The number of fused-ring (bicyclic) bond motifs is 1. The van der Waals surface area contributed by atoms with Crippen LogP contribution in [0.25, 0.3) is 10.1 Å². The van der Waals surface area contributed by atoms with Crippen molar-refractivity contribution in [3.05, 3.63) is 92.3 Å². The van der Waals surface area contributed by atoms with Crippen LogP contribution >= 0.6 is 22.9 Å². The molecule has 194 valence electrons. The second-order valence-corrected chi connectivity index (χ2v) is 9.22. The zero-order chi connectivity index (χ0) is 27.2. The van der Waals surface area contributed by atoms with Gasteiger partial charge in [0.1, 0.15) is 10.6 Å². The molecule has 38 heavy (non-hydrogen) atoms. The van der Waals surface area contributed by atoms with Crippen molar-refractivity contribution in [2.45, 2.75) is 13.0 Å². The van der Waals surface area contributed by atoms with Gasteiger partial charge in [-0.25, -0.2) is 10.2 Å². The van der Waals surface area contributed by atoms with Crippen molar-refractivity contribution in [2.24, 2.45) is 5.10 Å². The average molecular weight is 554 g/mol. The summed E-state index contributed by atoms with van der Waals surface area (Å²) in [4.78, 5) is 35.6. The van der Waals surface area contributed by atoms with Crippen LogP contribution in [0.5, 0.6) is 17.2 Å². The van der Waals surface area contributed by atoms with Gasteiger partial charge in [0, 0.05) is 22.2 Å². The molecule has 4 aromatic rings. The molecule has 12 heteroatoms. The topological polar surface area (TPSA) is 129 Å². The Kier molecular flexibility index (Phi) is 8.19. The van der Waals surface area contributed by atoms with E-state index >= 15 is 0 Å². The fourth-order valence-corrected chi connectivity index (χ4v) is 4.69. The summed E-state index contributed by atoms with van der Waals surface area (Å²) >= 11 is 7.62. The second kappa shape index (κ2) is 11.7. The van der Waals surface area contributed by atoms with Crippen molar-refractivity contribution in [2.75, 3.05) is 7.11 Å². The first-order chi connectivity index (χ1) is 18.3. The largest absolute Gasteiger partial charge is 0.493 e. The lowest BCUT2D eigenvalue weighted by atomic mass is 10.2. The Morgan fingerprint density at radius 3 is 2.53 bits per heavy atom. The first-order valence-electron chi connectivity index (χ1n) is 11.1. The van der Waals surface area contributed by atoms with Crippen LogP contribution in [-0.2, 0) is 4.79 Å². The molecule has 0 radical (unpaired) electrons. The van der Waals surface area contributed by atoms with Gasteiger partial charge in [0.25, 0.3) is 11.6 Å². The number of carbonyl (C=O) groups excluding carboxylic acids is 2. The second-order valence-electron chi connectivity index (χ2n) is 7.79. The monoisotopic (exact) mass is 553 g/mol. The summed E-state index contributed by atoms with van der Waals surface area (Å²) in [5.74, 6) is -0.366. The highest BCUT2D eigenvalue weighted by molar-refractivity contribution is 7.21. The molecule has 1 N–H and O–H groups in total. The number of benzene rings is 3. The maximum absolute atomic E-state index is 12.8. The number of methoxy groups -OCH3 is 1. The van der Waals surface area contributed by atoms with Gasteiger partial charge in [-0.05, 0) is 48.9 Å². The number of carbonyl (C=O) groups is 2. The summed E-state index contributed by atoms with van der Waals surface area (Å²) in [5, 5.41) is 15.8. The smallest absolute Gasteiger partial charge is 0.355 e. The number of halogens is 1. The molecule has 0 aliphatic heterocycles. The molecule has 0 aliphatic carbocycles. The predicted octanol–water partition coefficient (Wildman–Crippen LogP) is 5.61. The average Bonchev–Trinajstić information content (AvgIpc) is 3.26. The van der Waals surface area contributed by atoms with E-state index in [4.69, 9.17) is 25.8 Å². The minimum absolute atomic E-state index is 0.0841. The SMILES string of the molecule is COc1cc(/C=N\NC(=O)[C@@H](C)Oc2ccc([N+](=O)[O-])cc2)ccc1OC(=O)c1sc2ccccc2c1Cl. The molecular weight excluding hydrogens is 534 g/mol. The Bertz CT molecular complexity index is 1540. The number of non-ortho nitro benzene ring substituents is 1. The van der Waals surface area contributed by atoms with Crippen molar-refractivity contribution in [1.29, 1.82) is 0 Å². The van der Waals surface area contributed by atoms with E-state index in [2.05, 4.69) is 10.5 Å². The van der Waals surface area contributed by atoms with E-state index in [-0.39, 0.29) is 22.1 Å². The summed E-state index contributed by atoms with van der Waals surface area (Å²) in [6.45, 7) is 1.52. The van der Waals surface area contributed by atoms with E-state index in [1.54, 1.807) is 18.2 Å². The fourth-order valence-electron chi connectivity index (χ4n) is 3.31. The standard InChI is InChI=1S/C26H20ClN3O7S/c1-15(36-18-10-8-17(9-11-18)30(33)34)25(31)29-28-14-16-7-12-20(21(13-16)35-2)37-26(32)24-23(27)19-5-3-4-6-22(19)38-24/h3-15H,1-2H3,(H,29,31)/b28-14-/t15-/m1/s1. The maximum Gasteiger partial charge on any atom is 0.355 e. The zero-order valence-electron chi connectivity index (χ0n) is 20.0. The van der Waals surface area contributed by atoms with Gasteiger partial charge >= 0.3 is 5.97 Å². The minimum atomic E-state index is -0.911. The lowest BCUT2D eigenvalue weighted by molar-refractivity contribution is -0.384. The highest BCUT2D eigenvalue weighted by Crippen LogP contribution is 2.37. The number of hydrazone groups is 1. The minimum Gasteiger partial charge on any atom is -0.493 e. The molecule has 0 saturated heterocycles. The number of rotatable bonds is 9. The van der Waals surface area contributed by atoms with Crippen molar-refractivity contribution in [3.63, 3.8) is 0 Å². The normalized spacial score (nSPS) is 11.8. The van der Waals surface area contributed by atoms with E-state index in [1.807, 2.05) is 24.3 Å². The van der Waals surface area contributed by atoms with Gasteiger partial charge in [-0.1, -0.05) is 29.8 Å². The molecule has 1 amide bonds. The molecule has 10 nitrogen and oxygen atoms in total. The third-order valence-electron chi connectivity index (χ3n) is 5.23. The van der Waals surface area contributed by atoms with Crippen LogP contribution in [0.3, 0.4) is 0 Å². The van der Waals surface area contributed by atoms with Gasteiger partial charge in [0.2, 0.25) is 0 Å². The number of amides is 1. The highest BCUT2D eigenvalue weighted by Gasteiger charge is 2.20. The molecule has 3 aromatic carbocycles. The molecule has 1 aromatic heterocycles. The number of esters is 1. The highest BCUT2D eigenvalue weighted by atomic mass is 35.5. The van der Waals surface area contributed by atoms with Gasteiger partial charge in [-0.3, -0.25) is 14.9 Å². The van der Waals surface area contributed by atoms with Gasteiger partial charge < -0.3 is 14.2 Å². The van der Waals surface area contributed by atoms with Crippen molar-refractivity contribution >= 4 is 56.8 Å². The van der Waals surface area contributed by atoms with Crippen LogP contribution in [0.4, 0.5) is 5.69 Å². The summed E-state index contributed by atoms with van der Waals surface area (Å²) in [6.07, 6.45) is 0.471. The molecular formula is C26H20ClN3O7S. The summed E-state index contributed by atoms with van der Waals surface area (Å²) < 4.78 is 17.2. The van der Waals surface area contributed by atoms with E-state index in [1.165, 1.54) is 55.9 Å². The Hall–Kier alpha value is -4.48. The molecule has 1 heterocycles. The zero-order valence-corrected chi connectivity index (χ0v) is 21.6. The van der Waals surface area contributed by atoms with Gasteiger partial charge in [-0.2, -0.15) is 5.10 Å². The number of hydrogen-bond acceptors (Lipinski definition) is 9.